The molecule has 0 aliphatic heterocycles. The van der Waals surface area contributed by atoms with Gasteiger partial charge in [0.05, 0.1) is 19.3 Å². The average molecular weight is 572 g/mol. The number of carbonyl (C=O) groups excluding carboxylic acids is 3. The first kappa shape index (κ1) is 30.2. The quantitative estimate of drug-likeness (QED) is 0.168. The second-order valence-electron chi connectivity index (χ2n) is 10.2. The molecule has 1 saturated carbocycles. The van der Waals surface area contributed by atoms with Crippen LogP contribution >= 0.6 is 0 Å². The van der Waals surface area contributed by atoms with Gasteiger partial charge in [-0.3, -0.25) is 14.4 Å². The Kier molecular flexibility index (Phi) is 10.6. The first-order valence-corrected chi connectivity index (χ1v) is 14.0. The van der Waals surface area contributed by atoms with Crippen molar-refractivity contribution in [3.63, 3.8) is 0 Å². The van der Waals surface area contributed by atoms with E-state index in [1.807, 2.05) is 38.4 Å². The maximum atomic E-state index is 13.1. The molecule has 0 radical (unpaired) electrons. The molecule has 0 atom stereocenters. The van der Waals surface area contributed by atoms with E-state index in [1.165, 1.54) is 12.5 Å². The summed E-state index contributed by atoms with van der Waals surface area (Å²) in [6, 6.07) is 22.4. The number of hydrogen-bond donors (Lipinski definition) is 2. The van der Waals surface area contributed by atoms with Gasteiger partial charge in [-0.25, -0.2) is 0 Å². The highest BCUT2D eigenvalue weighted by molar-refractivity contribution is 6.05. The molecule has 2 N–H and O–H groups in total. The molecule has 0 unspecified atom stereocenters. The van der Waals surface area contributed by atoms with Crippen LogP contribution in [-0.4, -0.2) is 57.7 Å². The zero-order valence-electron chi connectivity index (χ0n) is 24.2. The normalized spacial score (nSPS) is 12.7. The van der Waals surface area contributed by atoms with E-state index in [9.17, 15) is 14.4 Å². The molecule has 3 aromatic carbocycles. The molecular formula is C33H37N3O6. The maximum absolute atomic E-state index is 13.1. The number of rotatable bonds is 14. The van der Waals surface area contributed by atoms with Crippen LogP contribution in [0.3, 0.4) is 0 Å². The van der Waals surface area contributed by atoms with Crippen LogP contribution in [0.1, 0.15) is 41.3 Å². The van der Waals surface area contributed by atoms with Crippen LogP contribution in [0.5, 0.6) is 11.5 Å². The highest BCUT2D eigenvalue weighted by atomic mass is 16.5. The van der Waals surface area contributed by atoms with Crippen molar-refractivity contribution in [2.24, 2.45) is 0 Å². The van der Waals surface area contributed by atoms with E-state index in [0.29, 0.717) is 23.5 Å². The van der Waals surface area contributed by atoms with Crippen LogP contribution in [0.15, 0.2) is 78.5 Å². The Morgan fingerprint density at radius 3 is 2.17 bits per heavy atom. The summed E-state index contributed by atoms with van der Waals surface area (Å²) < 4.78 is 16.5. The second-order valence-corrected chi connectivity index (χ2v) is 10.2. The molecule has 1 fully saturated rings. The summed E-state index contributed by atoms with van der Waals surface area (Å²) in [7, 11) is 4.01. The van der Waals surface area contributed by atoms with Gasteiger partial charge in [0.2, 0.25) is 0 Å². The minimum atomic E-state index is -0.507. The minimum Gasteiger partial charge on any atom is -0.493 e. The van der Waals surface area contributed by atoms with Crippen molar-refractivity contribution in [1.82, 2.24) is 10.6 Å². The topological polar surface area (TPSA) is 106 Å². The smallest absolute Gasteiger partial charge is 0.302 e. The average Bonchev–Trinajstić information content (AvgIpc) is 3.80. The number of ether oxygens (including phenoxy) is 3. The van der Waals surface area contributed by atoms with Crippen LogP contribution in [-0.2, 0) is 20.7 Å². The molecule has 9 heteroatoms. The van der Waals surface area contributed by atoms with Crippen molar-refractivity contribution in [2.45, 2.75) is 32.3 Å². The van der Waals surface area contributed by atoms with Crippen molar-refractivity contribution in [3.8, 4) is 11.5 Å². The molecule has 0 heterocycles. The summed E-state index contributed by atoms with van der Waals surface area (Å²) in [5, 5.41) is 5.38. The van der Waals surface area contributed by atoms with Gasteiger partial charge in [0.25, 0.3) is 11.8 Å². The molecule has 0 spiro atoms. The number of carbonyl (C=O) groups is 3. The lowest BCUT2D eigenvalue weighted by molar-refractivity contribution is -0.141. The Balaban J connectivity index is 1.36. The highest BCUT2D eigenvalue weighted by Gasteiger charge is 2.23. The molecule has 9 nitrogen and oxygen atoms in total. The lowest BCUT2D eigenvalue weighted by Gasteiger charge is -2.13. The fraction of sp³-hybridized carbons (Fsp3) is 0.303. The largest absolute Gasteiger partial charge is 0.493 e. The maximum Gasteiger partial charge on any atom is 0.302 e. The predicted octanol–water partition coefficient (Wildman–Crippen LogP) is 4.37. The SMILES string of the molecule is CC(=O)OCCNC(=O)C(=Cc1ccc(OC2CC2)cc1)NC(=O)c1ccc(OCCc2ccc(N(C)C)cc2)cc1. The first-order valence-electron chi connectivity index (χ1n) is 14.0. The Labute approximate surface area is 246 Å². The molecule has 220 valence electrons. The van der Waals surface area contributed by atoms with Gasteiger partial charge in [0, 0.05) is 38.7 Å². The monoisotopic (exact) mass is 571 g/mol. The van der Waals surface area contributed by atoms with Crippen molar-refractivity contribution in [2.75, 3.05) is 38.8 Å². The number of amides is 2. The molecular weight excluding hydrogens is 534 g/mol. The third-order valence-electron chi connectivity index (χ3n) is 6.43. The van der Waals surface area contributed by atoms with Crippen molar-refractivity contribution >= 4 is 29.5 Å². The molecule has 3 aromatic rings. The van der Waals surface area contributed by atoms with E-state index < -0.39 is 17.8 Å². The van der Waals surface area contributed by atoms with Crippen LogP contribution in [0.25, 0.3) is 6.08 Å². The highest BCUT2D eigenvalue weighted by Crippen LogP contribution is 2.27. The fourth-order valence-corrected chi connectivity index (χ4v) is 3.95. The number of esters is 1. The van der Waals surface area contributed by atoms with Crippen molar-refractivity contribution in [3.05, 3.63) is 95.2 Å². The standard InChI is InChI=1S/C33H37N3O6/c1-23(37)40-21-19-34-33(39)31(22-25-6-12-29(13-7-25)42-30-16-17-30)35-32(38)26-8-14-28(15-9-26)41-20-18-24-4-10-27(11-5-24)36(2)3/h4-15,22,30H,16-21H2,1-3H3,(H,34,39)(H,35,38). The number of anilines is 1. The molecule has 1 aliphatic carbocycles. The second kappa shape index (κ2) is 14.7. The summed E-state index contributed by atoms with van der Waals surface area (Å²) in [5.74, 6) is 0.0115. The third kappa shape index (κ3) is 9.69. The van der Waals surface area contributed by atoms with E-state index in [-0.39, 0.29) is 25.0 Å². The summed E-state index contributed by atoms with van der Waals surface area (Å²) >= 11 is 0. The van der Waals surface area contributed by atoms with E-state index in [1.54, 1.807) is 30.3 Å². The van der Waals surface area contributed by atoms with Crippen LogP contribution < -0.4 is 25.0 Å². The Bertz CT molecular complexity index is 1380. The van der Waals surface area contributed by atoms with Gasteiger partial charge in [-0.15, -0.1) is 0 Å². The minimum absolute atomic E-state index is 0.0261. The van der Waals surface area contributed by atoms with E-state index >= 15 is 0 Å². The van der Waals surface area contributed by atoms with Crippen molar-refractivity contribution in [1.29, 1.82) is 0 Å². The van der Waals surface area contributed by atoms with Gasteiger partial charge in [-0.05, 0) is 78.6 Å². The van der Waals surface area contributed by atoms with Gasteiger partial charge in [-0.1, -0.05) is 24.3 Å². The fourth-order valence-electron chi connectivity index (χ4n) is 3.95. The van der Waals surface area contributed by atoms with E-state index in [0.717, 1.165) is 30.7 Å². The van der Waals surface area contributed by atoms with Gasteiger partial charge in [-0.2, -0.15) is 0 Å². The predicted molar refractivity (Wildman–Crippen MR) is 162 cm³/mol. The van der Waals surface area contributed by atoms with Crippen LogP contribution in [0, 0.1) is 0 Å². The Morgan fingerprint density at radius 1 is 0.881 bits per heavy atom. The van der Waals surface area contributed by atoms with Crippen LogP contribution in [0.2, 0.25) is 0 Å². The van der Waals surface area contributed by atoms with Gasteiger partial charge >= 0.3 is 5.97 Å². The molecule has 42 heavy (non-hydrogen) atoms. The summed E-state index contributed by atoms with van der Waals surface area (Å²) in [6.07, 6.45) is 4.74. The first-order chi connectivity index (χ1) is 20.3. The Morgan fingerprint density at radius 2 is 1.55 bits per heavy atom. The van der Waals surface area contributed by atoms with Gasteiger partial charge in [0.1, 0.15) is 23.8 Å². The molecule has 2 amide bonds. The summed E-state index contributed by atoms with van der Waals surface area (Å²) in [4.78, 5) is 39.1. The van der Waals surface area contributed by atoms with E-state index in [4.69, 9.17) is 14.2 Å². The lowest BCUT2D eigenvalue weighted by Crippen LogP contribution is -2.36. The summed E-state index contributed by atoms with van der Waals surface area (Å²) in [5.41, 5.74) is 3.45. The third-order valence-corrected chi connectivity index (χ3v) is 6.43. The summed E-state index contributed by atoms with van der Waals surface area (Å²) in [6.45, 7) is 1.92. The zero-order valence-corrected chi connectivity index (χ0v) is 24.2. The molecule has 0 aromatic heterocycles. The molecule has 0 saturated heterocycles. The number of benzene rings is 3. The molecule has 0 bridgehead atoms. The van der Waals surface area contributed by atoms with Crippen LogP contribution in [0.4, 0.5) is 5.69 Å². The molecule has 4 rings (SSSR count). The van der Waals surface area contributed by atoms with Crippen molar-refractivity contribution < 1.29 is 28.6 Å². The number of hydrogen-bond acceptors (Lipinski definition) is 7. The van der Waals surface area contributed by atoms with E-state index in [2.05, 4.69) is 39.8 Å². The Hall–Kier alpha value is -4.79. The van der Waals surface area contributed by atoms with Gasteiger partial charge in [0.15, 0.2) is 0 Å². The van der Waals surface area contributed by atoms with Gasteiger partial charge < -0.3 is 29.7 Å². The molecule has 1 aliphatic rings. The number of nitrogens with one attached hydrogen (secondary N) is 2. The zero-order chi connectivity index (χ0) is 29.9. The number of nitrogens with zero attached hydrogens (tertiary/aromatic N) is 1. The lowest BCUT2D eigenvalue weighted by atomic mass is 10.1.